The number of methoxy groups -OCH3 is 1. The summed E-state index contributed by atoms with van der Waals surface area (Å²) in [5.74, 6) is 0.608. The fraction of sp³-hybridized carbons (Fsp3) is 0.417. The van der Waals surface area contributed by atoms with Gasteiger partial charge in [0.2, 0.25) is 5.91 Å². The van der Waals surface area contributed by atoms with Gasteiger partial charge >= 0.3 is 5.76 Å². The van der Waals surface area contributed by atoms with Gasteiger partial charge in [-0.3, -0.25) is 9.36 Å². The van der Waals surface area contributed by atoms with Crippen LogP contribution in [0.25, 0.3) is 11.1 Å². The monoisotopic (exact) mass is 408 g/mol. The topological polar surface area (TPSA) is 64.7 Å². The van der Waals surface area contributed by atoms with Crippen LogP contribution in [-0.4, -0.2) is 29.0 Å². The van der Waals surface area contributed by atoms with Crippen LogP contribution < -0.4 is 10.5 Å². The molecule has 6 heteroatoms. The number of hydrogen-bond donors (Lipinski definition) is 0. The molecule has 0 aliphatic carbocycles. The van der Waals surface area contributed by atoms with E-state index in [2.05, 4.69) is 12.1 Å². The van der Waals surface area contributed by atoms with Crippen molar-refractivity contribution in [2.24, 2.45) is 0 Å². The lowest BCUT2D eigenvalue weighted by molar-refractivity contribution is -0.133. The number of ether oxygens (including phenoxy) is 1. The lowest BCUT2D eigenvalue weighted by atomic mass is 10.00. The lowest BCUT2D eigenvalue weighted by Gasteiger charge is -2.31. The second-order valence-corrected chi connectivity index (χ2v) is 7.82. The van der Waals surface area contributed by atoms with E-state index in [0.717, 1.165) is 49.1 Å². The zero-order chi connectivity index (χ0) is 20.9. The average molecular weight is 408 g/mol. The third kappa shape index (κ3) is 4.27. The van der Waals surface area contributed by atoms with Crippen molar-refractivity contribution in [1.82, 2.24) is 9.47 Å². The number of rotatable bonds is 6. The molecule has 0 N–H and O–H groups in total. The van der Waals surface area contributed by atoms with E-state index < -0.39 is 0 Å². The first-order valence-corrected chi connectivity index (χ1v) is 10.7. The molecular formula is C24H28N2O4. The smallest absolute Gasteiger partial charge is 0.419 e. The van der Waals surface area contributed by atoms with E-state index in [-0.39, 0.29) is 17.7 Å². The second-order valence-electron chi connectivity index (χ2n) is 7.82. The summed E-state index contributed by atoms with van der Waals surface area (Å²) in [7, 11) is 1.66. The largest absolute Gasteiger partial charge is 0.497 e. The minimum Gasteiger partial charge on any atom is -0.497 e. The van der Waals surface area contributed by atoms with E-state index in [4.69, 9.17) is 9.15 Å². The Bertz CT molecular complexity index is 1050. The highest BCUT2D eigenvalue weighted by molar-refractivity contribution is 5.77. The Morgan fingerprint density at radius 3 is 2.70 bits per heavy atom. The molecule has 1 atom stereocenters. The van der Waals surface area contributed by atoms with Gasteiger partial charge in [-0.05, 0) is 49.1 Å². The van der Waals surface area contributed by atoms with E-state index in [0.29, 0.717) is 25.0 Å². The molecule has 3 aromatic rings. The Labute approximate surface area is 176 Å². The molecule has 1 aromatic heterocycles. The maximum absolute atomic E-state index is 13.1. The Morgan fingerprint density at radius 1 is 1.10 bits per heavy atom. The van der Waals surface area contributed by atoms with E-state index in [1.807, 2.05) is 35.2 Å². The number of para-hydroxylation sites is 2. The number of fused-ring (bicyclic) bond motifs is 1. The van der Waals surface area contributed by atoms with Gasteiger partial charge in [0.15, 0.2) is 5.58 Å². The molecule has 0 bridgehead atoms. The van der Waals surface area contributed by atoms with Crippen LogP contribution in [-0.2, 0) is 11.3 Å². The van der Waals surface area contributed by atoms with E-state index >= 15 is 0 Å². The number of oxazole rings is 1. The molecule has 1 saturated heterocycles. The summed E-state index contributed by atoms with van der Waals surface area (Å²) >= 11 is 0. The summed E-state index contributed by atoms with van der Waals surface area (Å²) in [6.07, 6.45) is 5.30. The Morgan fingerprint density at radius 2 is 1.90 bits per heavy atom. The maximum atomic E-state index is 13.1. The van der Waals surface area contributed by atoms with Crippen molar-refractivity contribution in [2.45, 2.75) is 51.1 Å². The van der Waals surface area contributed by atoms with Crippen molar-refractivity contribution in [3.8, 4) is 5.75 Å². The molecule has 158 valence electrons. The molecule has 1 aliphatic heterocycles. The lowest BCUT2D eigenvalue weighted by Crippen LogP contribution is -2.34. The normalized spacial score (nSPS) is 17.1. The van der Waals surface area contributed by atoms with Crippen molar-refractivity contribution in [3.05, 3.63) is 64.6 Å². The minimum absolute atomic E-state index is 0.100. The van der Waals surface area contributed by atoms with Gasteiger partial charge in [0.25, 0.3) is 0 Å². The SMILES string of the molecule is COc1ccc(C2CCCCCN2C(=O)CCCn2c(=O)oc3ccccc32)cc1. The van der Waals surface area contributed by atoms with Crippen molar-refractivity contribution in [2.75, 3.05) is 13.7 Å². The van der Waals surface area contributed by atoms with Crippen LogP contribution in [0.4, 0.5) is 0 Å². The molecule has 0 saturated carbocycles. The second kappa shape index (κ2) is 9.20. The molecular weight excluding hydrogens is 380 g/mol. The van der Waals surface area contributed by atoms with Gasteiger partial charge in [0, 0.05) is 19.5 Å². The fourth-order valence-electron chi connectivity index (χ4n) is 4.34. The zero-order valence-corrected chi connectivity index (χ0v) is 17.4. The number of likely N-dealkylation sites (tertiary alicyclic amines) is 1. The van der Waals surface area contributed by atoms with Crippen LogP contribution in [0.1, 0.15) is 50.1 Å². The van der Waals surface area contributed by atoms with E-state index in [9.17, 15) is 9.59 Å². The van der Waals surface area contributed by atoms with Crippen LogP contribution in [0.5, 0.6) is 5.75 Å². The van der Waals surface area contributed by atoms with E-state index in [1.165, 1.54) is 0 Å². The van der Waals surface area contributed by atoms with Gasteiger partial charge in [-0.2, -0.15) is 0 Å². The highest BCUT2D eigenvalue weighted by Crippen LogP contribution is 2.31. The summed E-state index contributed by atoms with van der Waals surface area (Å²) in [4.78, 5) is 27.3. The number of aryl methyl sites for hydroxylation is 1. The zero-order valence-electron chi connectivity index (χ0n) is 17.4. The molecule has 1 unspecified atom stereocenters. The summed E-state index contributed by atoms with van der Waals surface area (Å²) in [6, 6.07) is 15.5. The number of nitrogens with zero attached hydrogens (tertiary/aromatic N) is 2. The van der Waals surface area contributed by atoms with Crippen LogP contribution in [0, 0.1) is 0 Å². The standard InChI is InChI=1S/C24H28N2O4/c1-29-19-14-12-18(13-15-19)20-8-3-2-6-16-25(20)23(27)11-7-17-26-21-9-4-5-10-22(21)30-24(26)28/h4-5,9-10,12-15,20H,2-3,6-8,11,16-17H2,1H3. The summed E-state index contributed by atoms with van der Waals surface area (Å²) in [6.45, 7) is 1.26. The molecule has 1 fully saturated rings. The van der Waals surface area contributed by atoms with Crippen LogP contribution in [0.15, 0.2) is 57.7 Å². The highest BCUT2D eigenvalue weighted by atomic mass is 16.5. The number of benzene rings is 2. The third-order valence-corrected chi connectivity index (χ3v) is 5.92. The van der Waals surface area contributed by atoms with Gasteiger partial charge in [-0.25, -0.2) is 4.79 Å². The molecule has 6 nitrogen and oxygen atoms in total. The maximum Gasteiger partial charge on any atom is 0.419 e. The Balaban J connectivity index is 1.44. The molecule has 4 rings (SSSR count). The molecule has 1 amide bonds. The predicted molar refractivity (Wildman–Crippen MR) is 116 cm³/mol. The third-order valence-electron chi connectivity index (χ3n) is 5.92. The Hall–Kier alpha value is -3.02. The summed E-state index contributed by atoms with van der Waals surface area (Å²) < 4.78 is 12.2. The first-order valence-electron chi connectivity index (χ1n) is 10.7. The van der Waals surface area contributed by atoms with Gasteiger partial charge in [0.05, 0.1) is 18.7 Å². The molecule has 2 aromatic carbocycles. The molecule has 1 aliphatic rings. The molecule has 0 spiro atoms. The van der Waals surface area contributed by atoms with Crippen molar-refractivity contribution >= 4 is 17.0 Å². The molecule has 0 radical (unpaired) electrons. The van der Waals surface area contributed by atoms with Crippen molar-refractivity contribution in [3.63, 3.8) is 0 Å². The van der Waals surface area contributed by atoms with Crippen LogP contribution in [0.3, 0.4) is 0 Å². The number of carbonyl (C=O) groups is 1. The quantitative estimate of drug-likeness (QED) is 0.601. The van der Waals surface area contributed by atoms with Gasteiger partial charge < -0.3 is 14.1 Å². The summed E-state index contributed by atoms with van der Waals surface area (Å²) in [5, 5.41) is 0. The van der Waals surface area contributed by atoms with Gasteiger partial charge in [-0.1, -0.05) is 37.1 Å². The molecule has 30 heavy (non-hydrogen) atoms. The summed E-state index contributed by atoms with van der Waals surface area (Å²) in [5.41, 5.74) is 2.52. The number of aromatic nitrogens is 1. The van der Waals surface area contributed by atoms with E-state index in [1.54, 1.807) is 17.7 Å². The minimum atomic E-state index is -0.366. The highest BCUT2D eigenvalue weighted by Gasteiger charge is 2.26. The number of carbonyl (C=O) groups excluding carboxylic acids is 1. The van der Waals surface area contributed by atoms with Crippen LogP contribution in [0.2, 0.25) is 0 Å². The number of amides is 1. The predicted octanol–water partition coefficient (Wildman–Crippen LogP) is 4.53. The first kappa shape index (κ1) is 20.3. The van der Waals surface area contributed by atoms with Gasteiger partial charge in [-0.15, -0.1) is 0 Å². The van der Waals surface area contributed by atoms with Gasteiger partial charge in [0.1, 0.15) is 5.75 Å². The van der Waals surface area contributed by atoms with Crippen LogP contribution >= 0.6 is 0 Å². The van der Waals surface area contributed by atoms with Crippen molar-refractivity contribution < 1.29 is 13.9 Å². The Kier molecular flexibility index (Phi) is 6.21. The fourth-order valence-corrected chi connectivity index (χ4v) is 4.34. The first-order chi connectivity index (χ1) is 14.7. The number of hydrogen-bond acceptors (Lipinski definition) is 4. The van der Waals surface area contributed by atoms with Crippen molar-refractivity contribution in [1.29, 1.82) is 0 Å². The molecule has 2 heterocycles. The average Bonchev–Trinajstić information content (AvgIpc) is 2.93.